The van der Waals surface area contributed by atoms with Crippen LogP contribution < -0.4 is 0 Å². The SMILES string of the molecule is CC1(O)CC23CC(=O)C4C(CO)(C(=O)O)CCCC4(C)C2CCC1C3. The van der Waals surface area contributed by atoms with E-state index >= 15 is 0 Å². The third-order valence-electron chi connectivity index (χ3n) is 8.69. The van der Waals surface area contributed by atoms with Crippen molar-refractivity contribution in [2.75, 3.05) is 6.61 Å². The van der Waals surface area contributed by atoms with Crippen molar-refractivity contribution in [2.24, 2.45) is 34.0 Å². The topological polar surface area (TPSA) is 94.8 Å². The molecule has 0 aromatic rings. The van der Waals surface area contributed by atoms with Crippen molar-refractivity contribution in [1.82, 2.24) is 0 Å². The number of carbonyl (C=O) groups is 2. The van der Waals surface area contributed by atoms with Gasteiger partial charge in [0.15, 0.2) is 0 Å². The van der Waals surface area contributed by atoms with Crippen LogP contribution >= 0.6 is 0 Å². The number of carboxylic acid groups (broad SMARTS) is 1. The van der Waals surface area contributed by atoms with Crippen molar-refractivity contribution >= 4 is 11.8 Å². The molecule has 7 unspecified atom stereocenters. The van der Waals surface area contributed by atoms with Gasteiger partial charge < -0.3 is 15.3 Å². The summed E-state index contributed by atoms with van der Waals surface area (Å²) in [6.45, 7) is 3.54. The second-order valence-electron chi connectivity index (χ2n) is 9.98. The van der Waals surface area contributed by atoms with Crippen molar-refractivity contribution in [3.63, 3.8) is 0 Å². The lowest BCUT2D eigenvalue weighted by atomic mass is 9.40. The molecule has 4 fully saturated rings. The molecule has 4 aliphatic carbocycles. The van der Waals surface area contributed by atoms with Gasteiger partial charge in [-0.15, -0.1) is 0 Å². The Morgan fingerprint density at radius 1 is 1.24 bits per heavy atom. The molecule has 0 heterocycles. The molecule has 140 valence electrons. The van der Waals surface area contributed by atoms with Gasteiger partial charge in [0, 0.05) is 12.3 Å². The van der Waals surface area contributed by atoms with E-state index in [9.17, 15) is 24.9 Å². The van der Waals surface area contributed by atoms with Gasteiger partial charge in [-0.2, -0.15) is 0 Å². The number of aliphatic hydroxyl groups is 2. The third kappa shape index (κ3) is 2.03. The Morgan fingerprint density at radius 3 is 2.60 bits per heavy atom. The first-order valence-corrected chi connectivity index (χ1v) is 9.71. The van der Waals surface area contributed by atoms with Crippen LogP contribution in [0.4, 0.5) is 0 Å². The Bertz CT molecular complexity index is 628. The maximum atomic E-state index is 13.3. The quantitative estimate of drug-likeness (QED) is 0.711. The first-order valence-electron chi connectivity index (χ1n) is 9.71. The summed E-state index contributed by atoms with van der Waals surface area (Å²) < 4.78 is 0. The summed E-state index contributed by atoms with van der Waals surface area (Å²) in [5.41, 5.74) is -2.61. The fourth-order valence-corrected chi connectivity index (χ4v) is 7.95. The van der Waals surface area contributed by atoms with Crippen molar-refractivity contribution < 1.29 is 24.9 Å². The van der Waals surface area contributed by atoms with Crippen LogP contribution in [0, 0.1) is 34.0 Å². The molecule has 0 radical (unpaired) electrons. The number of ketones is 1. The van der Waals surface area contributed by atoms with E-state index in [1.165, 1.54) is 0 Å². The van der Waals surface area contributed by atoms with E-state index in [0.717, 1.165) is 32.1 Å². The van der Waals surface area contributed by atoms with Gasteiger partial charge in [-0.3, -0.25) is 9.59 Å². The fraction of sp³-hybridized carbons (Fsp3) is 0.900. The number of aliphatic carboxylic acids is 1. The number of Topliss-reactive ketones (excluding diaryl/α,β-unsaturated/α-hetero) is 1. The third-order valence-corrected chi connectivity index (χ3v) is 8.69. The zero-order valence-corrected chi connectivity index (χ0v) is 15.3. The second kappa shape index (κ2) is 5.07. The summed E-state index contributed by atoms with van der Waals surface area (Å²) in [5, 5.41) is 30.8. The minimum Gasteiger partial charge on any atom is -0.481 e. The van der Waals surface area contributed by atoms with E-state index < -0.39 is 29.5 Å². The van der Waals surface area contributed by atoms with E-state index in [4.69, 9.17) is 0 Å². The maximum Gasteiger partial charge on any atom is 0.312 e. The number of fused-ring (bicyclic) bond motifs is 3. The highest BCUT2D eigenvalue weighted by atomic mass is 16.4. The van der Waals surface area contributed by atoms with Crippen LogP contribution in [-0.4, -0.2) is 39.3 Å². The monoisotopic (exact) mass is 350 g/mol. The van der Waals surface area contributed by atoms with Gasteiger partial charge in [0.25, 0.3) is 0 Å². The Hall–Kier alpha value is -0.940. The lowest BCUT2D eigenvalue weighted by molar-refractivity contribution is -0.193. The van der Waals surface area contributed by atoms with Crippen LogP contribution in [-0.2, 0) is 9.59 Å². The van der Waals surface area contributed by atoms with Crippen LogP contribution in [0.1, 0.15) is 65.2 Å². The largest absolute Gasteiger partial charge is 0.481 e. The highest BCUT2D eigenvalue weighted by Crippen LogP contribution is 2.72. The van der Waals surface area contributed by atoms with Crippen molar-refractivity contribution in [3.05, 3.63) is 0 Å². The summed E-state index contributed by atoms with van der Waals surface area (Å²) in [5.74, 6) is -1.11. The number of hydrogen-bond donors (Lipinski definition) is 3. The molecular weight excluding hydrogens is 320 g/mol. The van der Waals surface area contributed by atoms with Crippen molar-refractivity contribution in [1.29, 1.82) is 0 Å². The standard InChI is InChI=1S/C20H30O5/c1-17-6-3-7-20(11-21,16(23)24)15(17)13(22)9-19-8-12(4-5-14(17)19)18(2,25)10-19/h12,14-15,21,25H,3-11H2,1-2H3,(H,23,24). The molecule has 0 aromatic heterocycles. The zero-order chi connectivity index (χ0) is 18.3. The first-order chi connectivity index (χ1) is 11.6. The average molecular weight is 350 g/mol. The molecule has 5 heteroatoms. The van der Waals surface area contributed by atoms with Crippen molar-refractivity contribution in [3.8, 4) is 0 Å². The van der Waals surface area contributed by atoms with Crippen LogP contribution in [0.15, 0.2) is 0 Å². The molecule has 5 nitrogen and oxygen atoms in total. The van der Waals surface area contributed by atoms with E-state index in [-0.39, 0.29) is 28.4 Å². The summed E-state index contributed by atoms with van der Waals surface area (Å²) in [6, 6.07) is 0. The molecule has 4 aliphatic rings. The van der Waals surface area contributed by atoms with Crippen LogP contribution in [0.5, 0.6) is 0 Å². The summed E-state index contributed by atoms with van der Waals surface area (Å²) in [4.78, 5) is 25.4. The minimum atomic E-state index is -1.33. The summed E-state index contributed by atoms with van der Waals surface area (Å²) >= 11 is 0. The smallest absolute Gasteiger partial charge is 0.312 e. The lowest BCUT2D eigenvalue weighted by Crippen LogP contribution is -2.63. The van der Waals surface area contributed by atoms with Crippen molar-refractivity contribution in [2.45, 2.75) is 70.8 Å². The minimum absolute atomic E-state index is 0.00764. The number of carbonyl (C=O) groups excluding carboxylic acids is 1. The highest BCUT2D eigenvalue weighted by Gasteiger charge is 2.70. The van der Waals surface area contributed by atoms with E-state index in [1.807, 2.05) is 6.92 Å². The molecule has 0 aliphatic heterocycles. The number of rotatable bonds is 2. The molecule has 4 rings (SSSR count). The molecule has 4 saturated carbocycles. The predicted molar refractivity (Wildman–Crippen MR) is 90.7 cm³/mol. The van der Waals surface area contributed by atoms with Crippen LogP contribution in [0.25, 0.3) is 0 Å². The fourth-order valence-electron chi connectivity index (χ4n) is 7.95. The Balaban J connectivity index is 1.82. The highest BCUT2D eigenvalue weighted by molar-refractivity contribution is 5.91. The molecule has 25 heavy (non-hydrogen) atoms. The van der Waals surface area contributed by atoms with Crippen LogP contribution in [0.3, 0.4) is 0 Å². The Morgan fingerprint density at radius 2 is 1.96 bits per heavy atom. The van der Waals surface area contributed by atoms with E-state index in [2.05, 4.69) is 6.92 Å². The number of aliphatic hydroxyl groups excluding tert-OH is 1. The van der Waals surface area contributed by atoms with E-state index in [0.29, 0.717) is 19.3 Å². The normalized spacial score (nSPS) is 54.7. The van der Waals surface area contributed by atoms with E-state index in [1.54, 1.807) is 0 Å². The molecule has 0 saturated heterocycles. The number of hydrogen-bond acceptors (Lipinski definition) is 4. The Labute approximate surface area is 148 Å². The van der Waals surface area contributed by atoms with Gasteiger partial charge in [0.05, 0.1) is 12.2 Å². The lowest BCUT2D eigenvalue weighted by Gasteiger charge is -2.62. The van der Waals surface area contributed by atoms with Gasteiger partial charge in [0.1, 0.15) is 11.2 Å². The zero-order valence-electron chi connectivity index (χ0n) is 15.3. The Kier molecular flexibility index (Phi) is 3.54. The molecule has 0 aromatic carbocycles. The van der Waals surface area contributed by atoms with Gasteiger partial charge in [-0.05, 0) is 68.1 Å². The summed E-state index contributed by atoms with van der Waals surface area (Å²) in [7, 11) is 0. The molecule has 2 bridgehead atoms. The van der Waals surface area contributed by atoms with Gasteiger partial charge >= 0.3 is 5.97 Å². The molecule has 7 atom stereocenters. The molecular formula is C20H30O5. The average Bonchev–Trinajstić information content (AvgIpc) is 2.70. The maximum absolute atomic E-state index is 13.3. The van der Waals surface area contributed by atoms with Gasteiger partial charge in [-0.1, -0.05) is 13.3 Å². The van der Waals surface area contributed by atoms with Gasteiger partial charge in [0.2, 0.25) is 0 Å². The second-order valence-corrected chi connectivity index (χ2v) is 9.98. The number of carboxylic acids is 1. The molecule has 3 N–H and O–H groups in total. The molecule has 0 amide bonds. The summed E-state index contributed by atoms with van der Waals surface area (Å²) in [6.07, 6.45) is 5.79. The first kappa shape index (κ1) is 17.5. The molecule has 1 spiro atoms. The predicted octanol–water partition coefficient (Wildman–Crippen LogP) is 2.39. The van der Waals surface area contributed by atoms with Gasteiger partial charge in [-0.25, -0.2) is 0 Å². The van der Waals surface area contributed by atoms with Crippen LogP contribution in [0.2, 0.25) is 0 Å².